The van der Waals surface area contributed by atoms with Crippen LogP contribution in [0, 0.1) is 6.92 Å². The van der Waals surface area contributed by atoms with Crippen LogP contribution in [-0.4, -0.2) is 21.8 Å². The van der Waals surface area contributed by atoms with Crippen LogP contribution in [0.15, 0.2) is 47.3 Å². The van der Waals surface area contributed by atoms with Crippen LogP contribution < -0.4 is 21.5 Å². The number of aromatic amines is 1. The van der Waals surface area contributed by atoms with Crippen molar-refractivity contribution < 1.29 is 9.59 Å². The Hall–Kier alpha value is -3.36. The highest BCUT2D eigenvalue weighted by Crippen LogP contribution is 2.31. The number of nitrogens with one attached hydrogen (secondary N) is 4. The summed E-state index contributed by atoms with van der Waals surface area (Å²) in [6.07, 6.45) is -0.161. The molecule has 0 spiro atoms. The minimum Gasteiger partial charge on any atom is -0.326 e. The molecule has 1 aliphatic rings. The van der Waals surface area contributed by atoms with Gasteiger partial charge < -0.3 is 16.0 Å². The lowest BCUT2D eigenvalue weighted by Gasteiger charge is -2.24. The lowest BCUT2D eigenvalue weighted by Crippen LogP contribution is -2.36. The van der Waals surface area contributed by atoms with Crippen molar-refractivity contribution in [2.24, 2.45) is 0 Å². The standard InChI is InChI=1S/C21H17Cl2N5O3/c1-10-4-2-3-5-15(10)25-19(30)14-9-16(29)26-18-17(14)20(31)28-21(27-18)24-13-7-11(22)6-12(23)8-13/h2-8,14H,9H2,1H3,(H,25,30)(H3,24,26,27,28,29,31)/t14-/m0/s1. The Labute approximate surface area is 187 Å². The summed E-state index contributed by atoms with van der Waals surface area (Å²) in [6.45, 7) is 1.85. The summed E-state index contributed by atoms with van der Waals surface area (Å²) in [5.41, 5.74) is 1.53. The molecule has 4 rings (SSSR count). The predicted octanol–water partition coefficient (Wildman–Crippen LogP) is 4.19. The van der Waals surface area contributed by atoms with Crippen molar-refractivity contribution in [1.29, 1.82) is 0 Å². The molecule has 0 unspecified atom stereocenters. The number of aryl methyl sites for hydroxylation is 1. The molecular formula is C21H17Cl2N5O3. The van der Waals surface area contributed by atoms with Crippen molar-refractivity contribution in [3.8, 4) is 0 Å². The Bertz CT molecular complexity index is 1240. The Morgan fingerprint density at radius 1 is 1.13 bits per heavy atom. The van der Waals surface area contributed by atoms with E-state index in [1.54, 1.807) is 30.3 Å². The van der Waals surface area contributed by atoms with Crippen molar-refractivity contribution in [3.05, 3.63) is 74.0 Å². The van der Waals surface area contributed by atoms with Gasteiger partial charge in [-0.3, -0.25) is 19.4 Å². The summed E-state index contributed by atoms with van der Waals surface area (Å²) in [6, 6.07) is 12.0. The Balaban J connectivity index is 1.66. The zero-order chi connectivity index (χ0) is 22.1. The van der Waals surface area contributed by atoms with Crippen LogP contribution in [0.4, 0.5) is 23.1 Å². The second kappa shape index (κ2) is 8.41. The zero-order valence-corrected chi connectivity index (χ0v) is 17.8. The van der Waals surface area contributed by atoms with Crippen molar-refractivity contribution in [2.75, 3.05) is 16.0 Å². The quantitative estimate of drug-likeness (QED) is 0.468. The molecule has 1 atom stereocenters. The lowest BCUT2D eigenvalue weighted by molar-refractivity contribution is -0.123. The number of halogens is 2. The van der Waals surface area contributed by atoms with Crippen LogP contribution in [-0.2, 0) is 9.59 Å². The molecule has 0 fully saturated rings. The maximum absolute atomic E-state index is 12.9. The Morgan fingerprint density at radius 2 is 1.84 bits per heavy atom. The minimum atomic E-state index is -0.978. The first-order chi connectivity index (χ1) is 14.8. The highest BCUT2D eigenvalue weighted by atomic mass is 35.5. The predicted molar refractivity (Wildman–Crippen MR) is 120 cm³/mol. The summed E-state index contributed by atoms with van der Waals surface area (Å²) >= 11 is 12.0. The average Bonchev–Trinajstić information content (AvgIpc) is 2.68. The van der Waals surface area contributed by atoms with Crippen molar-refractivity contribution in [1.82, 2.24) is 9.97 Å². The fourth-order valence-electron chi connectivity index (χ4n) is 3.35. The van der Waals surface area contributed by atoms with Crippen LogP contribution in [0.1, 0.15) is 23.5 Å². The molecule has 8 nitrogen and oxygen atoms in total. The number of H-pyrrole nitrogens is 1. The molecule has 1 aromatic heterocycles. The first-order valence-electron chi connectivity index (χ1n) is 9.34. The van der Waals surface area contributed by atoms with E-state index in [4.69, 9.17) is 23.2 Å². The fraction of sp³-hybridized carbons (Fsp3) is 0.143. The molecular weight excluding hydrogens is 441 g/mol. The number of hydrogen-bond donors (Lipinski definition) is 4. The third kappa shape index (κ3) is 4.55. The van der Waals surface area contributed by atoms with Gasteiger partial charge in [0.25, 0.3) is 5.56 Å². The van der Waals surface area contributed by atoms with Crippen LogP contribution in [0.25, 0.3) is 0 Å². The van der Waals surface area contributed by atoms with E-state index in [-0.39, 0.29) is 23.8 Å². The highest BCUT2D eigenvalue weighted by Gasteiger charge is 2.35. The second-order valence-electron chi connectivity index (χ2n) is 7.07. The van der Waals surface area contributed by atoms with Gasteiger partial charge in [0.15, 0.2) is 0 Å². The maximum Gasteiger partial charge on any atom is 0.258 e. The molecule has 1 aliphatic heterocycles. The van der Waals surface area contributed by atoms with Gasteiger partial charge in [-0.05, 0) is 36.8 Å². The minimum absolute atomic E-state index is 0.0283. The third-order valence-corrected chi connectivity index (χ3v) is 5.23. The summed E-state index contributed by atoms with van der Waals surface area (Å²) < 4.78 is 0. The number of amides is 2. The molecule has 0 radical (unpaired) electrons. The Morgan fingerprint density at radius 3 is 2.55 bits per heavy atom. The van der Waals surface area contributed by atoms with Crippen LogP contribution in [0.5, 0.6) is 0 Å². The molecule has 2 amide bonds. The van der Waals surface area contributed by atoms with Gasteiger partial charge in [0, 0.05) is 27.8 Å². The van der Waals surface area contributed by atoms with Gasteiger partial charge in [-0.15, -0.1) is 0 Å². The van der Waals surface area contributed by atoms with Crippen LogP contribution >= 0.6 is 23.2 Å². The van der Waals surface area contributed by atoms with E-state index in [0.717, 1.165) is 5.56 Å². The molecule has 158 valence electrons. The van der Waals surface area contributed by atoms with Gasteiger partial charge >= 0.3 is 0 Å². The van der Waals surface area contributed by atoms with Crippen molar-refractivity contribution in [2.45, 2.75) is 19.3 Å². The average molecular weight is 458 g/mol. The van der Waals surface area contributed by atoms with Crippen molar-refractivity contribution in [3.63, 3.8) is 0 Å². The zero-order valence-electron chi connectivity index (χ0n) is 16.3. The third-order valence-electron chi connectivity index (χ3n) is 4.80. The summed E-state index contributed by atoms with van der Waals surface area (Å²) in [5, 5.41) is 9.05. The van der Waals surface area contributed by atoms with E-state index in [0.29, 0.717) is 21.4 Å². The molecule has 31 heavy (non-hydrogen) atoms. The molecule has 4 N–H and O–H groups in total. The number of nitrogens with zero attached hydrogens (tertiary/aromatic N) is 1. The van der Waals surface area contributed by atoms with Gasteiger partial charge in [0.05, 0.1) is 11.5 Å². The summed E-state index contributed by atoms with van der Waals surface area (Å²) in [5.74, 6) is -1.75. The first-order valence-corrected chi connectivity index (χ1v) is 10.1. The van der Waals surface area contributed by atoms with Gasteiger partial charge in [-0.25, -0.2) is 0 Å². The normalized spacial score (nSPS) is 15.1. The molecule has 0 aliphatic carbocycles. The molecule has 0 saturated carbocycles. The number of anilines is 4. The number of benzene rings is 2. The lowest BCUT2D eigenvalue weighted by atomic mass is 9.92. The van der Waals surface area contributed by atoms with Crippen LogP contribution in [0.3, 0.4) is 0 Å². The summed E-state index contributed by atoms with van der Waals surface area (Å²) in [7, 11) is 0. The second-order valence-corrected chi connectivity index (χ2v) is 7.94. The van der Waals surface area contributed by atoms with Crippen molar-refractivity contribution >= 4 is 58.2 Å². The number of para-hydroxylation sites is 1. The SMILES string of the molecule is Cc1ccccc1NC(=O)[C@H]1CC(=O)Nc2nc(Nc3cc(Cl)cc(Cl)c3)[nH]c(=O)c21. The van der Waals surface area contributed by atoms with E-state index in [2.05, 4.69) is 25.9 Å². The van der Waals surface area contributed by atoms with E-state index in [1.807, 2.05) is 19.1 Å². The highest BCUT2D eigenvalue weighted by molar-refractivity contribution is 6.35. The number of fused-ring (bicyclic) bond motifs is 1. The molecule has 2 aromatic carbocycles. The maximum atomic E-state index is 12.9. The molecule has 0 saturated heterocycles. The van der Waals surface area contributed by atoms with E-state index in [9.17, 15) is 14.4 Å². The smallest absolute Gasteiger partial charge is 0.258 e. The Kier molecular flexibility index (Phi) is 5.67. The number of aromatic nitrogens is 2. The molecule has 2 heterocycles. The first kappa shape index (κ1) is 20.9. The molecule has 10 heteroatoms. The molecule has 0 bridgehead atoms. The number of carbonyl (C=O) groups is 2. The summed E-state index contributed by atoms with van der Waals surface area (Å²) in [4.78, 5) is 44.9. The monoisotopic (exact) mass is 457 g/mol. The van der Waals surface area contributed by atoms with E-state index >= 15 is 0 Å². The number of hydrogen-bond acceptors (Lipinski definition) is 5. The van der Waals surface area contributed by atoms with Gasteiger partial charge in [-0.2, -0.15) is 4.98 Å². The number of rotatable bonds is 4. The van der Waals surface area contributed by atoms with Gasteiger partial charge in [-0.1, -0.05) is 41.4 Å². The largest absolute Gasteiger partial charge is 0.326 e. The van der Waals surface area contributed by atoms with E-state index < -0.39 is 23.3 Å². The van der Waals surface area contributed by atoms with Gasteiger partial charge in [0.1, 0.15) is 5.82 Å². The van der Waals surface area contributed by atoms with Crippen LogP contribution in [0.2, 0.25) is 10.0 Å². The number of carbonyl (C=O) groups excluding carboxylic acids is 2. The molecule has 3 aromatic rings. The van der Waals surface area contributed by atoms with Gasteiger partial charge in [0.2, 0.25) is 17.8 Å². The topological polar surface area (TPSA) is 116 Å². The van der Waals surface area contributed by atoms with E-state index in [1.165, 1.54) is 0 Å². The fourth-order valence-corrected chi connectivity index (χ4v) is 3.88.